The number of ether oxygens (including phenoxy) is 1. The van der Waals surface area contributed by atoms with Crippen molar-refractivity contribution in [2.24, 2.45) is 0 Å². The van der Waals surface area contributed by atoms with Crippen molar-refractivity contribution in [2.45, 2.75) is 39.3 Å². The van der Waals surface area contributed by atoms with Crippen LogP contribution in [-0.4, -0.2) is 6.61 Å². The molecule has 4 heteroatoms. The Balaban J connectivity index is 3.33. The molecule has 0 saturated carbocycles. The zero-order valence-electron chi connectivity index (χ0n) is 10.5. The van der Waals surface area contributed by atoms with Gasteiger partial charge in [-0.3, -0.25) is 0 Å². The molecule has 1 aromatic rings. The first kappa shape index (κ1) is 13.9. The highest BCUT2D eigenvalue weighted by molar-refractivity contribution is 5.41. The van der Waals surface area contributed by atoms with Crippen LogP contribution >= 0.6 is 0 Å². The van der Waals surface area contributed by atoms with E-state index in [-0.39, 0.29) is 11.3 Å². The number of halogens is 3. The average Bonchev–Trinajstić information content (AvgIpc) is 2.15. The lowest BCUT2D eigenvalue weighted by Gasteiger charge is -2.24. The molecule has 0 atom stereocenters. The zero-order chi connectivity index (χ0) is 13.3. The molecule has 1 rings (SSSR count). The van der Waals surface area contributed by atoms with Crippen LogP contribution in [0.5, 0.6) is 5.75 Å². The predicted molar refractivity (Wildman–Crippen MR) is 61.3 cm³/mol. The van der Waals surface area contributed by atoms with Gasteiger partial charge in [0.1, 0.15) is 5.75 Å². The maximum absolute atomic E-state index is 12.9. The van der Waals surface area contributed by atoms with Crippen molar-refractivity contribution in [3.8, 4) is 5.75 Å². The van der Waals surface area contributed by atoms with E-state index < -0.39 is 17.2 Å². The van der Waals surface area contributed by atoms with E-state index in [1.165, 1.54) is 6.07 Å². The topological polar surface area (TPSA) is 9.23 Å². The molecule has 0 fully saturated rings. The van der Waals surface area contributed by atoms with Gasteiger partial charge in [-0.05, 0) is 30.0 Å². The number of alkyl halides is 3. The smallest absolute Gasteiger partial charge is 0.416 e. The first-order chi connectivity index (χ1) is 7.66. The molecule has 0 aromatic heterocycles. The van der Waals surface area contributed by atoms with Gasteiger partial charge in [-0.25, -0.2) is 0 Å². The molecule has 1 aromatic carbocycles. The Kier molecular flexibility index (Phi) is 3.74. The molecule has 0 bridgehead atoms. The Hall–Kier alpha value is -1.19. The van der Waals surface area contributed by atoms with Crippen molar-refractivity contribution >= 4 is 0 Å². The van der Waals surface area contributed by atoms with E-state index in [4.69, 9.17) is 4.74 Å². The van der Waals surface area contributed by atoms with Gasteiger partial charge in [-0.2, -0.15) is 13.2 Å². The summed E-state index contributed by atoms with van der Waals surface area (Å²) < 4.78 is 43.9. The van der Waals surface area contributed by atoms with E-state index in [1.54, 1.807) is 33.8 Å². The molecule has 0 N–H and O–H groups in total. The number of rotatable bonds is 2. The number of benzene rings is 1. The molecular formula is C13H17F3O. The second kappa shape index (κ2) is 4.59. The summed E-state index contributed by atoms with van der Waals surface area (Å²) in [6.07, 6.45) is -4.35. The highest BCUT2D eigenvalue weighted by Crippen LogP contribution is 2.39. The van der Waals surface area contributed by atoms with Gasteiger partial charge in [-0.1, -0.05) is 26.8 Å². The highest BCUT2D eigenvalue weighted by atomic mass is 19.4. The third-order valence-electron chi connectivity index (χ3n) is 2.42. The van der Waals surface area contributed by atoms with E-state index in [9.17, 15) is 13.2 Å². The second-order valence-corrected chi connectivity index (χ2v) is 4.89. The Morgan fingerprint density at radius 2 is 1.65 bits per heavy atom. The van der Waals surface area contributed by atoms with Crippen LogP contribution in [0.15, 0.2) is 18.2 Å². The van der Waals surface area contributed by atoms with Crippen LogP contribution in [0.1, 0.15) is 38.8 Å². The molecule has 0 radical (unpaired) electrons. The predicted octanol–water partition coefficient (Wildman–Crippen LogP) is 4.40. The summed E-state index contributed by atoms with van der Waals surface area (Å²) in [6, 6.07) is 4.15. The Morgan fingerprint density at radius 3 is 2.06 bits per heavy atom. The molecule has 17 heavy (non-hydrogen) atoms. The third kappa shape index (κ3) is 3.38. The summed E-state index contributed by atoms with van der Waals surface area (Å²) >= 11 is 0. The summed E-state index contributed by atoms with van der Waals surface area (Å²) in [5.74, 6) is 0.257. The minimum atomic E-state index is -4.35. The summed E-state index contributed by atoms with van der Waals surface area (Å²) in [5.41, 5.74) is -0.875. The molecular weight excluding hydrogens is 229 g/mol. The maximum atomic E-state index is 12.9. The summed E-state index contributed by atoms with van der Waals surface area (Å²) in [4.78, 5) is 0. The van der Waals surface area contributed by atoms with Gasteiger partial charge in [0.15, 0.2) is 0 Å². The van der Waals surface area contributed by atoms with Crippen LogP contribution in [0, 0.1) is 0 Å². The number of hydrogen-bond acceptors (Lipinski definition) is 1. The quantitative estimate of drug-likeness (QED) is 0.751. The SMILES string of the molecule is CCOc1ccc(C(C)(C)C)c(C(F)(F)F)c1. The van der Waals surface area contributed by atoms with E-state index >= 15 is 0 Å². The van der Waals surface area contributed by atoms with Crippen LogP contribution in [0.25, 0.3) is 0 Å². The van der Waals surface area contributed by atoms with Crippen molar-refractivity contribution in [3.63, 3.8) is 0 Å². The Labute approximate surface area is 99.6 Å². The third-order valence-corrected chi connectivity index (χ3v) is 2.42. The molecule has 0 aliphatic carbocycles. The Bertz CT molecular complexity index is 389. The van der Waals surface area contributed by atoms with Crippen molar-refractivity contribution < 1.29 is 17.9 Å². The van der Waals surface area contributed by atoms with E-state index in [0.29, 0.717) is 6.61 Å². The van der Waals surface area contributed by atoms with Crippen LogP contribution in [0.4, 0.5) is 13.2 Å². The summed E-state index contributed by atoms with van der Waals surface area (Å²) in [6.45, 7) is 7.38. The molecule has 96 valence electrons. The first-order valence-corrected chi connectivity index (χ1v) is 5.50. The molecule has 0 aliphatic rings. The van der Waals surface area contributed by atoms with Crippen LogP contribution in [0.2, 0.25) is 0 Å². The maximum Gasteiger partial charge on any atom is 0.416 e. The highest BCUT2D eigenvalue weighted by Gasteiger charge is 2.36. The van der Waals surface area contributed by atoms with E-state index in [1.807, 2.05) is 0 Å². The van der Waals surface area contributed by atoms with Gasteiger partial charge in [0.05, 0.1) is 12.2 Å². The van der Waals surface area contributed by atoms with Crippen LogP contribution in [-0.2, 0) is 11.6 Å². The largest absolute Gasteiger partial charge is 0.494 e. The fourth-order valence-electron chi connectivity index (χ4n) is 1.67. The minimum Gasteiger partial charge on any atom is -0.494 e. The van der Waals surface area contributed by atoms with Gasteiger partial charge in [0.25, 0.3) is 0 Å². The lowest BCUT2D eigenvalue weighted by atomic mass is 9.83. The fourth-order valence-corrected chi connectivity index (χ4v) is 1.67. The molecule has 0 unspecified atom stereocenters. The second-order valence-electron chi connectivity index (χ2n) is 4.89. The monoisotopic (exact) mass is 246 g/mol. The van der Waals surface area contributed by atoms with Gasteiger partial charge in [0.2, 0.25) is 0 Å². The molecule has 0 amide bonds. The molecule has 0 saturated heterocycles. The molecule has 0 aliphatic heterocycles. The van der Waals surface area contributed by atoms with Gasteiger partial charge >= 0.3 is 6.18 Å². The summed E-state index contributed by atoms with van der Waals surface area (Å²) in [7, 11) is 0. The number of hydrogen-bond donors (Lipinski definition) is 0. The lowest BCUT2D eigenvalue weighted by Crippen LogP contribution is -2.19. The first-order valence-electron chi connectivity index (χ1n) is 5.50. The zero-order valence-corrected chi connectivity index (χ0v) is 10.5. The Morgan fingerprint density at radius 1 is 1.06 bits per heavy atom. The normalized spacial score (nSPS) is 12.6. The van der Waals surface area contributed by atoms with E-state index in [2.05, 4.69) is 0 Å². The van der Waals surface area contributed by atoms with Crippen LogP contribution < -0.4 is 4.74 Å². The van der Waals surface area contributed by atoms with Gasteiger partial charge in [0, 0.05) is 0 Å². The van der Waals surface area contributed by atoms with Crippen molar-refractivity contribution in [3.05, 3.63) is 29.3 Å². The molecule has 1 nitrogen and oxygen atoms in total. The standard InChI is InChI=1S/C13H17F3O/c1-5-17-9-6-7-10(12(2,3)4)11(8-9)13(14,15)16/h6-8H,5H2,1-4H3. The van der Waals surface area contributed by atoms with E-state index in [0.717, 1.165) is 6.07 Å². The van der Waals surface area contributed by atoms with Crippen molar-refractivity contribution in [2.75, 3.05) is 6.61 Å². The molecule has 0 spiro atoms. The fraction of sp³-hybridized carbons (Fsp3) is 0.538. The minimum absolute atomic E-state index is 0.257. The van der Waals surface area contributed by atoms with Gasteiger partial charge < -0.3 is 4.74 Å². The summed E-state index contributed by atoms with van der Waals surface area (Å²) in [5, 5.41) is 0. The molecule has 0 heterocycles. The average molecular weight is 246 g/mol. The lowest BCUT2D eigenvalue weighted by molar-refractivity contribution is -0.138. The van der Waals surface area contributed by atoms with Crippen molar-refractivity contribution in [1.29, 1.82) is 0 Å². The van der Waals surface area contributed by atoms with Crippen molar-refractivity contribution in [1.82, 2.24) is 0 Å². The van der Waals surface area contributed by atoms with Crippen LogP contribution in [0.3, 0.4) is 0 Å². The van der Waals surface area contributed by atoms with Gasteiger partial charge in [-0.15, -0.1) is 0 Å².